The lowest BCUT2D eigenvalue weighted by Gasteiger charge is -2.13. The second-order valence-corrected chi connectivity index (χ2v) is 8.69. The molecule has 1 N–H and O–H groups in total. The van der Waals surface area contributed by atoms with Crippen molar-refractivity contribution >= 4 is 24.6 Å². The molecular formula is C27H52O4S. The van der Waals surface area contributed by atoms with Gasteiger partial charge in [-0.15, -0.1) is 0 Å². The van der Waals surface area contributed by atoms with Crippen molar-refractivity contribution in [2.75, 3.05) is 12.4 Å². The third-order valence-corrected chi connectivity index (χ3v) is 5.36. The number of unbranched alkanes of at least 4 members (excludes halogenated alkanes) is 10. The van der Waals surface area contributed by atoms with Gasteiger partial charge in [-0.05, 0) is 31.4 Å². The Morgan fingerprint density at radius 2 is 1.34 bits per heavy atom. The largest absolute Gasteiger partial charge is 0.478 e. The zero-order valence-corrected chi connectivity index (χ0v) is 22.4. The van der Waals surface area contributed by atoms with Gasteiger partial charge in [-0.1, -0.05) is 111 Å². The summed E-state index contributed by atoms with van der Waals surface area (Å²) in [6.07, 6.45) is 20.0. The number of carbonyl (C=O) groups is 2. The fourth-order valence-corrected chi connectivity index (χ4v) is 2.98. The van der Waals surface area contributed by atoms with E-state index in [1.54, 1.807) is 0 Å². The zero-order valence-electron chi connectivity index (χ0n) is 21.5. The number of aliphatic carboxylic acids is 1. The average molecular weight is 473 g/mol. The summed E-state index contributed by atoms with van der Waals surface area (Å²) in [5.74, 6) is 0.338. The van der Waals surface area contributed by atoms with Gasteiger partial charge in [0, 0.05) is 11.6 Å². The first-order chi connectivity index (χ1) is 15.3. The molecule has 0 fully saturated rings. The summed E-state index contributed by atoms with van der Waals surface area (Å²) in [5.41, 5.74) is 0.176. The van der Waals surface area contributed by atoms with Gasteiger partial charge in [0.05, 0.1) is 6.61 Å². The molecule has 190 valence electrons. The minimum atomic E-state index is -0.935. The molecule has 0 aromatic carbocycles. The van der Waals surface area contributed by atoms with E-state index in [9.17, 15) is 9.59 Å². The van der Waals surface area contributed by atoms with E-state index in [4.69, 9.17) is 9.84 Å². The normalized spacial score (nSPS) is 10.7. The van der Waals surface area contributed by atoms with E-state index in [-0.39, 0.29) is 11.5 Å². The van der Waals surface area contributed by atoms with Crippen LogP contribution in [0.1, 0.15) is 118 Å². The summed E-state index contributed by atoms with van der Waals surface area (Å²) in [6, 6.07) is 0. The van der Waals surface area contributed by atoms with E-state index in [0.29, 0.717) is 12.5 Å². The fraction of sp³-hybridized carbons (Fsp3) is 0.778. The first kappa shape index (κ1) is 35.4. The van der Waals surface area contributed by atoms with Crippen molar-refractivity contribution in [3.05, 3.63) is 24.8 Å². The summed E-state index contributed by atoms with van der Waals surface area (Å²) in [7, 11) is 0. The molecule has 0 aromatic heterocycles. The van der Waals surface area contributed by atoms with Gasteiger partial charge in [-0.3, -0.25) is 0 Å². The molecule has 0 aliphatic rings. The smallest absolute Gasteiger partial charge is 0.330 e. The Morgan fingerprint density at radius 1 is 0.906 bits per heavy atom. The maximum absolute atomic E-state index is 10.8. The van der Waals surface area contributed by atoms with Crippen molar-refractivity contribution in [1.82, 2.24) is 0 Å². The van der Waals surface area contributed by atoms with Gasteiger partial charge in [0.25, 0.3) is 0 Å². The molecule has 0 heterocycles. The summed E-state index contributed by atoms with van der Waals surface area (Å²) >= 11 is 4.20. The van der Waals surface area contributed by atoms with Gasteiger partial charge >= 0.3 is 11.9 Å². The minimum Gasteiger partial charge on any atom is -0.478 e. The zero-order chi connectivity index (χ0) is 25.0. The summed E-state index contributed by atoms with van der Waals surface area (Å²) in [6.45, 7) is 15.1. The van der Waals surface area contributed by atoms with Crippen LogP contribution in [0.2, 0.25) is 0 Å². The van der Waals surface area contributed by atoms with Crippen LogP contribution in [0.5, 0.6) is 0 Å². The number of carboxylic acid groups (broad SMARTS) is 1. The van der Waals surface area contributed by atoms with Gasteiger partial charge in [0.2, 0.25) is 0 Å². The van der Waals surface area contributed by atoms with E-state index in [0.717, 1.165) is 18.6 Å². The molecule has 0 saturated carbocycles. The minimum absolute atomic E-state index is 0.176. The Labute approximate surface area is 204 Å². The summed E-state index contributed by atoms with van der Waals surface area (Å²) in [4.78, 5) is 20.4. The molecule has 0 aliphatic heterocycles. The van der Waals surface area contributed by atoms with E-state index < -0.39 is 5.97 Å². The molecule has 0 saturated heterocycles. The van der Waals surface area contributed by atoms with Crippen LogP contribution in [0.4, 0.5) is 0 Å². The SMILES string of the molecule is C=C(C)C(=O)O.C=CC(=O)OCC(CC)CCCC.CCCCCCCCCCCCS. The van der Waals surface area contributed by atoms with Crippen molar-refractivity contribution in [3.63, 3.8) is 0 Å². The number of esters is 1. The molecule has 0 rings (SSSR count). The Bertz CT molecular complexity index is 427. The lowest BCUT2D eigenvalue weighted by molar-refractivity contribution is -0.139. The number of rotatable bonds is 18. The first-order valence-corrected chi connectivity index (χ1v) is 13.2. The Balaban J connectivity index is -0.000000422. The molecule has 0 aliphatic carbocycles. The van der Waals surface area contributed by atoms with Crippen LogP contribution in [-0.4, -0.2) is 29.4 Å². The highest BCUT2D eigenvalue weighted by Gasteiger charge is 2.07. The van der Waals surface area contributed by atoms with Crippen LogP contribution in [0.3, 0.4) is 0 Å². The Morgan fingerprint density at radius 3 is 1.69 bits per heavy atom. The molecule has 1 unspecified atom stereocenters. The topological polar surface area (TPSA) is 63.6 Å². The molecule has 32 heavy (non-hydrogen) atoms. The molecule has 0 bridgehead atoms. The highest BCUT2D eigenvalue weighted by Crippen LogP contribution is 2.13. The average Bonchev–Trinajstić information content (AvgIpc) is 2.78. The maximum Gasteiger partial charge on any atom is 0.330 e. The van der Waals surface area contributed by atoms with Crippen LogP contribution in [0.25, 0.3) is 0 Å². The molecule has 0 aromatic rings. The Hall–Kier alpha value is -1.23. The molecule has 0 radical (unpaired) electrons. The third-order valence-electron chi connectivity index (χ3n) is 5.05. The van der Waals surface area contributed by atoms with Crippen LogP contribution in [0.15, 0.2) is 24.8 Å². The van der Waals surface area contributed by atoms with Gasteiger partial charge in [-0.2, -0.15) is 12.6 Å². The van der Waals surface area contributed by atoms with Gasteiger partial charge in [-0.25, -0.2) is 9.59 Å². The second-order valence-electron chi connectivity index (χ2n) is 8.24. The van der Waals surface area contributed by atoms with Crippen molar-refractivity contribution < 1.29 is 19.4 Å². The number of ether oxygens (including phenoxy) is 1. The number of carboxylic acids is 1. The van der Waals surface area contributed by atoms with Gasteiger partial charge in [0.1, 0.15) is 0 Å². The van der Waals surface area contributed by atoms with Crippen LogP contribution in [0, 0.1) is 5.92 Å². The van der Waals surface area contributed by atoms with Crippen molar-refractivity contribution in [1.29, 1.82) is 0 Å². The number of hydrogen-bond acceptors (Lipinski definition) is 4. The fourth-order valence-electron chi connectivity index (χ4n) is 2.76. The number of hydrogen-bond donors (Lipinski definition) is 2. The van der Waals surface area contributed by atoms with Gasteiger partial charge in [0.15, 0.2) is 0 Å². The van der Waals surface area contributed by atoms with E-state index in [2.05, 4.69) is 46.6 Å². The highest BCUT2D eigenvalue weighted by molar-refractivity contribution is 7.80. The van der Waals surface area contributed by atoms with Gasteiger partial charge < -0.3 is 9.84 Å². The molecule has 4 nitrogen and oxygen atoms in total. The van der Waals surface area contributed by atoms with Crippen LogP contribution >= 0.6 is 12.6 Å². The van der Waals surface area contributed by atoms with Crippen LogP contribution < -0.4 is 0 Å². The first-order valence-electron chi connectivity index (χ1n) is 12.6. The Kier molecular flexibility index (Phi) is 32.9. The van der Waals surface area contributed by atoms with E-state index >= 15 is 0 Å². The highest BCUT2D eigenvalue weighted by atomic mass is 32.1. The standard InChI is InChI=1S/C12H26S.C11H20O2.C4H6O2/c1-2-3-4-5-6-7-8-9-10-11-12-13;1-4-7-8-10(5-2)9-13-11(12)6-3;1-3(2)4(5)6/h13H,2-12H2,1H3;6,10H,3-5,7-9H2,1-2H3;1H2,2H3,(H,5,6). The van der Waals surface area contributed by atoms with Crippen molar-refractivity contribution in [2.24, 2.45) is 5.92 Å². The maximum atomic E-state index is 10.8. The molecule has 0 spiro atoms. The van der Waals surface area contributed by atoms with Crippen LogP contribution in [-0.2, 0) is 14.3 Å². The number of carbonyl (C=O) groups excluding carboxylic acids is 1. The monoisotopic (exact) mass is 472 g/mol. The predicted molar refractivity (Wildman–Crippen MR) is 143 cm³/mol. The van der Waals surface area contributed by atoms with E-state index in [1.165, 1.54) is 90.0 Å². The number of thiol groups is 1. The summed E-state index contributed by atoms with van der Waals surface area (Å²) in [5, 5.41) is 7.89. The molecule has 0 amide bonds. The predicted octanol–water partition coefficient (Wildman–Crippen LogP) is 8.42. The lowest BCUT2D eigenvalue weighted by Crippen LogP contribution is -2.12. The molecule has 5 heteroatoms. The lowest BCUT2D eigenvalue weighted by atomic mass is 10.0. The van der Waals surface area contributed by atoms with Crippen molar-refractivity contribution in [2.45, 2.75) is 118 Å². The summed E-state index contributed by atoms with van der Waals surface area (Å²) < 4.78 is 4.98. The molecular weight excluding hydrogens is 420 g/mol. The second kappa shape index (κ2) is 29.8. The third kappa shape index (κ3) is 33.4. The van der Waals surface area contributed by atoms with E-state index in [1.807, 2.05) is 0 Å². The van der Waals surface area contributed by atoms with Crippen molar-refractivity contribution in [3.8, 4) is 0 Å². The quantitative estimate of drug-likeness (QED) is 0.0909. The molecule has 1 atom stereocenters.